The Morgan fingerprint density at radius 2 is 1.68 bits per heavy atom. The molecule has 2 N–H and O–H groups in total. The lowest BCUT2D eigenvalue weighted by Gasteiger charge is -2.42. The first-order valence-corrected chi connectivity index (χ1v) is 13.0. The molecule has 1 aliphatic carbocycles. The van der Waals surface area contributed by atoms with Gasteiger partial charge >= 0.3 is 0 Å². The predicted molar refractivity (Wildman–Crippen MR) is 132 cm³/mol. The molecule has 0 saturated carbocycles. The minimum atomic E-state index is 0.236. The molecule has 0 bridgehead atoms. The number of hydrogen-bond acceptors (Lipinski definition) is 5. The van der Waals surface area contributed by atoms with Crippen LogP contribution in [0.25, 0.3) is 11.3 Å². The number of hydrogen-bond donors (Lipinski definition) is 1. The normalized spacial score (nSPS) is 26.2. The fourth-order valence-electron chi connectivity index (χ4n) is 5.86. The monoisotopic (exact) mass is 438 g/mol. The van der Waals surface area contributed by atoms with Crippen molar-refractivity contribution in [1.82, 2.24) is 9.88 Å². The smallest absolute Gasteiger partial charge is 0.185 e. The van der Waals surface area contributed by atoms with Crippen molar-refractivity contribution in [3.63, 3.8) is 0 Å². The summed E-state index contributed by atoms with van der Waals surface area (Å²) in [5.74, 6) is 0. The highest BCUT2D eigenvalue weighted by molar-refractivity contribution is 7.14. The van der Waals surface area contributed by atoms with Crippen LogP contribution in [0, 0.1) is 0 Å². The maximum Gasteiger partial charge on any atom is 0.185 e. The molecular weight excluding hydrogens is 400 g/mol. The van der Waals surface area contributed by atoms with Crippen LogP contribution in [0.1, 0.15) is 70.9 Å². The number of anilines is 1. The lowest BCUT2D eigenvalue weighted by Crippen LogP contribution is -2.44. The fourth-order valence-corrected chi connectivity index (χ4v) is 6.75. The third-order valence-electron chi connectivity index (χ3n) is 8.15. The summed E-state index contributed by atoms with van der Waals surface area (Å²) in [7, 11) is 0. The van der Waals surface area contributed by atoms with E-state index in [0.29, 0.717) is 12.1 Å². The Labute approximate surface area is 191 Å². The summed E-state index contributed by atoms with van der Waals surface area (Å²) in [4.78, 5) is 10.2. The molecule has 1 atom stereocenters. The minimum Gasteiger partial charge on any atom is -0.348 e. The van der Waals surface area contributed by atoms with E-state index in [1.54, 1.807) is 11.3 Å². The quantitative estimate of drug-likeness (QED) is 0.719. The first-order valence-electron chi connectivity index (χ1n) is 12.1. The molecule has 1 unspecified atom stereocenters. The molecule has 3 heterocycles. The molecule has 1 aromatic carbocycles. The van der Waals surface area contributed by atoms with Crippen LogP contribution in [0.4, 0.5) is 5.13 Å². The topological polar surface area (TPSA) is 45.4 Å². The largest absolute Gasteiger partial charge is 0.348 e. The number of likely N-dealkylation sites (tertiary alicyclic amines) is 1. The number of rotatable bonds is 3. The fraction of sp³-hybridized carbons (Fsp3) is 0.654. The van der Waals surface area contributed by atoms with Gasteiger partial charge in [0.05, 0.1) is 5.69 Å². The second-order valence-electron chi connectivity index (χ2n) is 11.3. The molecule has 3 aliphatic rings. The Hall–Kier alpha value is -1.43. The van der Waals surface area contributed by atoms with Crippen molar-refractivity contribution in [2.45, 2.75) is 82.7 Å². The second-order valence-corrected chi connectivity index (χ2v) is 12.1. The van der Waals surface area contributed by atoms with Crippen molar-refractivity contribution in [2.24, 2.45) is 5.73 Å². The van der Waals surface area contributed by atoms with Crippen LogP contribution in [-0.4, -0.2) is 48.1 Å². The zero-order valence-corrected chi connectivity index (χ0v) is 20.5. The van der Waals surface area contributed by atoms with E-state index in [4.69, 9.17) is 10.7 Å². The Kier molecular flexibility index (Phi) is 5.43. The van der Waals surface area contributed by atoms with E-state index in [-0.39, 0.29) is 10.8 Å². The van der Waals surface area contributed by atoms with E-state index in [2.05, 4.69) is 61.1 Å². The molecule has 2 aliphatic heterocycles. The van der Waals surface area contributed by atoms with Gasteiger partial charge in [0.25, 0.3) is 0 Å². The number of benzene rings is 1. The number of piperidine rings is 1. The molecule has 2 saturated heterocycles. The second kappa shape index (κ2) is 7.86. The molecule has 2 fully saturated rings. The van der Waals surface area contributed by atoms with E-state index >= 15 is 0 Å². The van der Waals surface area contributed by atoms with Crippen LogP contribution >= 0.6 is 11.3 Å². The Balaban J connectivity index is 1.31. The Bertz CT molecular complexity index is 939. The number of aromatic nitrogens is 1. The number of nitrogens with two attached hydrogens (primary N) is 1. The zero-order chi connectivity index (χ0) is 21.8. The van der Waals surface area contributed by atoms with Gasteiger partial charge in [-0.3, -0.25) is 4.90 Å². The number of thiazole rings is 1. The van der Waals surface area contributed by atoms with Gasteiger partial charge in [-0.05, 0) is 60.1 Å². The third-order valence-corrected chi connectivity index (χ3v) is 9.05. The van der Waals surface area contributed by atoms with Gasteiger partial charge in [-0.1, -0.05) is 39.8 Å². The first kappa shape index (κ1) is 21.4. The standard InChI is InChI=1S/C26H38N4S/c1-25(2)10-11-26(3,4)22-15-18(5-6-21(22)25)23-17-31-24(28-23)29-13-8-20(9-14-29)30-12-7-19(27)16-30/h5-6,15,17,19-20H,7-14,16,27H2,1-4H3. The number of fused-ring (bicyclic) bond motifs is 1. The van der Waals surface area contributed by atoms with Gasteiger partial charge in [-0.15, -0.1) is 11.3 Å². The van der Waals surface area contributed by atoms with Crippen molar-refractivity contribution < 1.29 is 0 Å². The molecule has 0 amide bonds. The summed E-state index contributed by atoms with van der Waals surface area (Å²) in [6.45, 7) is 14.0. The van der Waals surface area contributed by atoms with Crippen molar-refractivity contribution >= 4 is 16.5 Å². The Morgan fingerprint density at radius 3 is 2.35 bits per heavy atom. The van der Waals surface area contributed by atoms with Gasteiger partial charge < -0.3 is 10.6 Å². The lowest BCUT2D eigenvalue weighted by molar-refractivity contribution is 0.205. The van der Waals surface area contributed by atoms with Gasteiger partial charge in [0.15, 0.2) is 5.13 Å². The molecule has 2 aromatic rings. The highest BCUT2D eigenvalue weighted by atomic mass is 32.1. The minimum absolute atomic E-state index is 0.236. The summed E-state index contributed by atoms with van der Waals surface area (Å²) < 4.78 is 0. The van der Waals surface area contributed by atoms with Crippen molar-refractivity contribution in [2.75, 3.05) is 31.1 Å². The maximum atomic E-state index is 6.12. The van der Waals surface area contributed by atoms with Crippen molar-refractivity contribution in [1.29, 1.82) is 0 Å². The van der Waals surface area contributed by atoms with Crippen LogP contribution in [-0.2, 0) is 10.8 Å². The van der Waals surface area contributed by atoms with Gasteiger partial charge in [0, 0.05) is 49.2 Å². The van der Waals surface area contributed by atoms with Crippen molar-refractivity contribution in [3.8, 4) is 11.3 Å². The van der Waals surface area contributed by atoms with E-state index in [1.165, 1.54) is 54.0 Å². The molecule has 0 radical (unpaired) electrons. The molecule has 5 rings (SSSR count). The summed E-state index contributed by atoms with van der Waals surface area (Å²) in [5.41, 5.74) is 12.1. The highest BCUT2D eigenvalue weighted by Crippen LogP contribution is 2.47. The van der Waals surface area contributed by atoms with Gasteiger partial charge in [0.2, 0.25) is 0 Å². The van der Waals surface area contributed by atoms with Crippen molar-refractivity contribution in [3.05, 3.63) is 34.7 Å². The summed E-state index contributed by atoms with van der Waals surface area (Å²) in [6.07, 6.45) is 6.11. The average Bonchev–Trinajstić information content (AvgIpc) is 3.41. The van der Waals surface area contributed by atoms with Crippen LogP contribution < -0.4 is 10.6 Å². The molecular formula is C26H38N4S. The van der Waals surface area contributed by atoms with E-state index in [9.17, 15) is 0 Å². The van der Waals surface area contributed by atoms with Crippen LogP contribution in [0.3, 0.4) is 0 Å². The SMILES string of the molecule is CC1(C)CCC(C)(C)c2cc(-c3csc(N4CCC(N5CCC(N)C5)CC4)n3)ccc21. The van der Waals surface area contributed by atoms with E-state index in [0.717, 1.165) is 31.7 Å². The molecule has 4 nitrogen and oxygen atoms in total. The van der Waals surface area contributed by atoms with Gasteiger partial charge in [-0.2, -0.15) is 0 Å². The molecule has 1 aromatic heterocycles. The molecule has 5 heteroatoms. The Morgan fingerprint density at radius 1 is 0.968 bits per heavy atom. The molecule has 31 heavy (non-hydrogen) atoms. The van der Waals surface area contributed by atoms with Crippen LogP contribution in [0.15, 0.2) is 23.6 Å². The first-order chi connectivity index (χ1) is 14.7. The zero-order valence-electron chi connectivity index (χ0n) is 19.7. The van der Waals surface area contributed by atoms with Crippen LogP contribution in [0.2, 0.25) is 0 Å². The van der Waals surface area contributed by atoms with E-state index in [1.807, 2.05) is 0 Å². The van der Waals surface area contributed by atoms with Gasteiger partial charge in [-0.25, -0.2) is 4.98 Å². The van der Waals surface area contributed by atoms with Gasteiger partial charge in [0.1, 0.15) is 0 Å². The third kappa shape index (κ3) is 4.05. The highest BCUT2D eigenvalue weighted by Gasteiger charge is 2.37. The lowest BCUT2D eigenvalue weighted by atomic mass is 9.63. The maximum absolute atomic E-state index is 6.12. The van der Waals surface area contributed by atoms with E-state index < -0.39 is 0 Å². The average molecular weight is 439 g/mol. The summed E-state index contributed by atoms with van der Waals surface area (Å²) in [6, 6.07) is 8.18. The molecule has 168 valence electrons. The summed E-state index contributed by atoms with van der Waals surface area (Å²) in [5, 5.41) is 3.44. The van der Waals surface area contributed by atoms with Crippen LogP contribution in [0.5, 0.6) is 0 Å². The summed E-state index contributed by atoms with van der Waals surface area (Å²) >= 11 is 1.80. The number of nitrogens with zero attached hydrogens (tertiary/aromatic N) is 3. The molecule has 0 spiro atoms. The predicted octanol–water partition coefficient (Wildman–Crippen LogP) is 5.16.